The van der Waals surface area contributed by atoms with Gasteiger partial charge in [-0.05, 0) is 56.3 Å². The summed E-state index contributed by atoms with van der Waals surface area (Å²) in [6, 6.07) is 9.27. The second-order valence-electron chi connectivity index (χ2n) is 6.86. The number of rotatable bonds is 5. The predicted molar refractivity (Wildman–Crippen MR) is 109 cm³/mol. The highest BCUT2D eigenvalue weighted by Gasteiger charge is 2.31. The van der Waals surface area contributed by atoms with E-state index < -0.39 is 33.5 Å². The van der Waals surface area contributed by atoms with Gasteiger partial charge in [-0.25, -0.2) is 18.2 Å². The highest BCUT2D eigenvalue weighted by molar-refractivity contribution is 7.89. The van der Waals surface area contributed by atoms with Crippen LogP contribution in [0.3, 0.4) is 0 Å². The van der Waals surface area contributed by atoms with E-state index in [4.69, 9.17) is 5.14 Å². The Hall–Kier alpha value is -3.51. The van der Waals surface area contributed by atoms with Gasteiger partial charge in [0.05, 0.1) is 33.1 Å². The number of primary sulfonamides is 1. The van der Waals surface area contributed by atoms with Crippen molar-refractivity contribution in [2.24, 2.45) is 5.14 Å². The lowest BCUT2D eigenvalue weighted by molar-refractivity contribution is -0.137. The number of amides is 1. The summed E-state index contributed by atoms with van der Waals surface area (Å²) in [5.74, 6) is -1.98. The second kappa shape index (κ2) is 8.20. The molecule has 8 nitrogen and oxygen atoms in total. The average Bonchev–Trinajstić information content (AvgIpc) is 3.00. The van der Waals surface area contributed by atoms with Crippen molar-refractivity contribution in [3.63, 3.8) is 0 Å². The quantitative estimate of drug-likeness (QED) is 0.442. The van der Waals surface area contributed by atoms with Crippen molar-refractivity contribution < 1.29 is 31.2 Å². The zero-order valence-electron chi connectivity index (χ0n) is 16.8. The number of alkyl halides is 3. The largest absolute Gasteiger partial charge is 0.416 e. The Bertz CT molecular complexity index is 1310. The molecule has 3 aromatic rings. The number of carbonyl (C=O) groups is 2. The molecule has 1 amide bonds. The zero-order chi connectivity index (χ0) is 23.8. The summed E-state index contributed by atoms with van der Waals surface area (Å²) in [5.41, 5.74) is -0.358. The molecule has 0 saturated carbocycles. The summed E-state index contributed by atoms with van der Waals surface area (Å²) in [6.07, 6.45) is -4.55. The maximum absolute atomic E-state index is 13.0. The van der Waals surface area contributed by atoms with Crippen LogP contribution >= 0.6 is 0 Å². The van der Waals surface area contributed by atoms with E-state index in [2.05, 4.69) is 10.4 Å². The Morgan fingerprint density at radius 1 is 1.06 bits per heavy atom. The van der Waals surface area contributed by atoms with Gasteiger partial charge in [0.25, 0.3) is 11.7 Å². The minimum Gasteiger partial charge on any atom is -0.319 e. The Labute approximate surface area is 180 Å². The number of halogens is 3. The van der Waals surface area contributed by atoms with Crippen LogP contribution in [0, 0.1) is 13.8 Å². The van der Waals surface area contributed by atoms with Crippen LogP contribution in [0.2, 0.25) is 0 Å². The van der Waals surface area contributed by atoms with Crippen LogP contribution in [0.1, 0.15) is 27.3 Å². The first-order valence-corrected chi connectivity index (χ1v) is 10.6. The van der Waals surface area contributed by atoms with E-state index >= 15 is 0 Å². The van der Waals surface area contributed by atoms with Crippen LogP contribution in [0.25, 0.3) is 5.69 Å². The Kier molecular flexibility index (Phi) is 5.94. The molecule has 3 N–H and O–H groups in total. The van der Waals surface area contributed by atoms with Crippen LogP contribution in [-0.4, -0.2) is 29.9 Å². The minimum absolute atomic E-state index is 0.0546. The van der Waals surface area contributed by atoms with E-state index in [1.54, 1.807) is 0 Å². The fourth-order valence-corrected chi connectivity index (χ4v) is 3.58. The number of nitrogens with one attached hydrogen (secondary N) is 1. The zero-order valence-corrected chi connectivity index (χ0v) is 17.6. The smallest absolute Gasteiger partial charge is 0.319 e. The van der Waals surface area contributed by atoms with E-state index in [1.807, 2.05) is 0 Å². The molecule has 32 heavy (non-hydrogen) atoms. The normalized spacial score (nSPS) is 11.9. The molecule has 0 unspecified atom stereocenters. The molecular formula is C20H17F3N4O4S. The fourth-order valence-electron chi connectivity index (χ4n) is 3.07. The highest BCUT2D eigenvalue weighted by Crippen LogP contribution is 2.31. The van der Waals surface area contributed by atoms with Gasteiger partial charge in [0.2, 0.25) is 10.0 Å². The van der Waals surface area contributed by atoms with Gasteiger partial charge in [0.15, 0.2) is 0 Å². The number of aromatic nitrogens is 2. The van der Waals surface area contributed by atoms with E-state index in [0.29, 0.717) is 0 Å². The molecule has 168 valence electrons. The third kappa shape index (κ3) is 4.70. The molecule has 3 rings (SSSR count). The van der Waals surface area contributed by atoms with Crippen molar-refractivity contribution in [2.45, 2.75) is 24.9 Å². The SMILES string of the molecule is Cc1nn(-c2cccc(C(F)(F)F)c2)c(C)c1C(=O)C(=O)Nc1ccc(S(N)(=O)=O)cc1. The van der Waals surface area contributed by atoms with Crippen molar-refractivity contribution in [1.82, 2.24) is 9.78 Å². The molecule has 0 bridgehead atoms. The lowest BCUT2D eigenvalue weighted by atomic mass is 10.1. The number of Topliss-reactive ketones (excluding diaryl/α,β-unsaturated/α-hetero) is 1. The molecule has 0 aliphatic carbocycles. The molecule has 0 aliphatic rings. The van der Waals surface area contributed by atoms with Gasteiger partial charge in [-0.3, -0.25) is 9.59 Å². The number of carbonyl (C=O) groups excluding carboxylic acids is 2. The van der Waals surface area contributed by atoms with Gasteiger partial charge in [-0.2, -0.15) is 18.3 Å². The van der Waals surface area contributed by atoms with Crippen LogP contribution < -0.4 is 10.5 Å². The van der Waals surface area contributed by atoms with E-state index in [0.717, 1.165) is 28.9 Å². The Morgan fingerprint density at radius 3 is 2.25 bits per heavy atom. The summed E-state index contributed by atoms with van der Waals surface area (Å²) in [4.78, 5) is 25.0. The molecule has 2 aromatic carbocycles. The summed E-state index contributed by atoms with van der Waals surface area (Å²) >= 11 is 0. The number of ketones is 1. The molecular weight excluding hydrogens is 449 g/mol. The van der Waals surface area contributed by atoms with Crippen molar-refractivity contribution >= 4 is 27.4 Å². The van der Waals surface area contributed by atoms with Crippen LogP contribution in [0.4, 0.5) is 18.9 Å². The van der Waals surface area contributed by atoms with Crippen molar-refractivity contribution in [3.8, 4) is 5.69 Å². The number of nitrogens with zero attached hydrogens (tertiary/aromatic N) is 2. The Balaban J connectivity index is 1.88. The standard InChI is InChI=1S/C20H17F3N4O4S/c1-11-17(12(2)27(26-11)15-5-3-4-13(10-15)20(21,22)23)18(28)19(29)25-14-6-8-16(9-7-14)32(24,30)31/h3-10H,1-2H3,(H,25,29)(H2,24,30,31). The first-order chi connectivity index (χ1) is 14.8. The van der Waals surface area contributed by atoms with E-state index in [9.17, 15) is 31.2 Å². The number of hydrogen-bond donors (Lipinski definition) is 2. The first-order valence-electron chi connectivity index (χ1n) is 9.01. The molecule has 0 spiro atoms. The van der Waals surface area contributed by atoms with E-state index in [-0.39, 0.29) is 33.2 Å². The summed E-state index contributed by atoms with van der Waals surface area (Å²) in [5, 5.41) is 11.5. The molecule has 0 aliphatic heterocycles. The van der Waals surface area contributed by atoms with Crippen LogP contribution in [0.15, 0.2) is 53.4 Å². The van der Waals surface area contributed by atoms with Gasteiger partial charge in [-0.15, -0.1) is 0 Å². The van der Waals surface area contributed by atoms with Crippen molar-refractivity contribution in [3.05, 3.63) is 71.0 Å². The molecule has 0 fully saturated rings. The minimum atomic E-state index is -4.55. The lowest BCUT2D eigenvalue weighted by Gasteiger charge is -2.10. The van der Waals surface area contributed by atoms with Crippen LogP contribution in [0.5, 0.6) is 0 Å². The average molecular weight is 466 g/mol. The third-order valence-electron chi connectivity index (χ3n) is 4.58. The van der Waals surface area contributed by atoms with Crippen molar-refractivity contribution in [2.75, 3.05) is 5.32 Å². The third-order valence-corrected chi connectivity index (χ3v) is 5.51. The number of aryl methyl sites for hydroxylation is 1. The molecule has 1 heterocycles. The van der Waals surface area contributed by atoms with Crippen LogP contribution in [-0.2, 0) is 21.0 Å². The van der Waals surface area contributed by atoms with Gasteiger partial charge < -0.3 is 5.32 Å². The summed E-state index contributed by atoms with van der Waals surface area (Å²) < 4.78 is 62.8. The fraction of sp³-hybridized carbons (Fsp3) is 0.150. The molecule has 0 atom stereocenters. The van der Waals surface area contributed by atoms with Gasteiger partial charge in [0.1, 0.15) is 0 Å². The molecule has 0 saturated heterocycles. The number of hydrogen-bond acceptors (Lipinski definition) is 5. The second-order valence-corrected chi connectivity index (χ2v) is 8.42. The number of benzene rings is 2. The first kappa shape index (κ1) is 23.2. The maximum atomic E-state index is 13.0. The Morgan fingerprint density at radius 2 is 1.69 bits per heavy atom. The number of sulfonamides is 1. The monoisotopic (exact) mass is 466 g/mol. The molecule has 0 radical (unpaired) electrons. The van der Waals surface area contributed by atoms with Gasteiger partial charge >= 0.3 is 6.18 Å². The number of nitrogens with two attached hydrogens (primary N) is 1. The summed E-state index contributed by atoms with van der Waals surface area (Å²) in [6.45, 7) is 2.92. The lowest BCUT2D eigenvalue weighted by Crippen LogP contribution is -2.24. The summed E-state index contributed by atoms with van der Waals surface area (Å²) in [7, 11) is -3.92. The highest BCUT2D eigenvalue weighted by atomic mass is 32.2. The maximum Gasteiger partial charge on any atom is 0.416 e. The number of anilines is 1. The topological polar surface area (TPSA) is 124 Å². The molecule has 12 heteroatoms. The predicted octanol–water partition coefficient (Wildman–Crippen LogP) is 2.98. The molecule has 1 aromatic heterocycles. The van der Waals surface area contributed by atoms with E-state index in [1.165, 1.54) is 38.1 Å². The van der Waals surface area contributed by atoms with Gasteiger partial charge in [0, 0.05) is 5.69 Å². The van der Waals surface area contributed by atoms with Gasteiger partial charge in [-0.1, -0.05) is 6.07 Å². The van der Waals surface area contributed by atoms with Crippen molar-refractivity contribution in [1.29, 1.82) is 0 Å².